The number of hydrogen-bond acceptors (Lipinski definition) is 3. The van der Waals surface area contributed by atoms with Crippen molar-refractivity contribution in [2.75, 3.05) is 19.8 Å². The third-order valence-corrected chi connectivity index (χ3v) is 1.14. The van der Waals surface area contributed by atoms with E-state index < -0.39 is 0 Å². The van der Waals surface area contributed by atoms with Crippen LogP contribution in [0.4, 0.5) is 0 Å². The summed E-state index contributed by atoms with van der Waals surface area (Å²) < 4.78 is 9.98. The normalized spacial score (nSPS) is 29.9. The molecule has 1 aliphatic rings. The van der Waals surface area contributed by atoms with E-state index in [0.717, 1.165) is 0 Å². The van der Waals surface area contributed by atoms with E-state index in [4.69, 9.17) is 9.47 Å². The second kappa shape index (κ2) is 2.94. The molecule has 0 bridgehead atoms. The highest BCUT2D eigenvalue weighted by Gasteiger charge is 2.12. The molecule has 0 aromatic heterocycles. The molecule has 0 spiro atoms. The summed E-state index contributed by atoms with van der Waals surface area (Å²) in [6.07, 6.45) is 0.0662. The van der Waals surface area contributed by atoms with Gasteiger partial charge < -0.3 is 9.47 Å². The molecular formula is C6H10O3. The van der Waals surface area contributed by atoms with E-state index >= 15 is 0 Å². The van der Waals surface area contributed by atoms with Gasteiger partial charge in [0.1, 0.15) is 13.2 Å². The second-order valence-corrected chi connectivity index (χ2v) is 2.18. The van der Waals surface area contributed by atoms with Crippen molar-refractivity contribution in [1.82, 2.24) is 0 Å². The smallest absolute Gasteiger partial charge is 0.184 e. The van der Waals surface area contributed by atoms with Crippen LogP contribution in [0.3, 0.4) is 0 Å². The fourth-order valence-electron chi connectivity index (χ4n) is 0.664. The third-order valence-electron chi connectivity index (χ3n) is 1.14. The largest absolute Gasteiger partial charge is 0.371 e. The highest BCUT2D eigenvalue weighted by atomic mass is 16.5. The van der Waals surface area contributed by atoms with Gasteiger partial charge in [-0.05, 0) is 6.92 Å². The highest BCUT2D eigenvalue weighted by molar-refractivity contribution is 5.81. The molecule has 1 aliphatic heterocycles. The first-order valence-corrected chi connectivity index (χ1v) is 3.00. The first-order valence-electron chi connectivity index (χ1n) is 3.00. The van der Waals surface area contributed by atoms with E-state index in [9.17, 15) is 4.79 Å². The quantitative estimate of drug-likeness (QED) is 0.462. The Morgan fingerprint density at radius 3 is 3.11 bits per heavy atom. The maximum absolute atomic E-state index is 10.6. The Balaban J connectivity index is 2.34. The van der Waals surface area contributed by atoms with Gasteiger partial charge >= 0.3 is 0 Å². The molecule has 3 nitrogen and oxygen atoms in total. The van der Waals surface area contributed by atoms with Crippen molar-refractivity contribution in [3.8, 4) is 0 Å². The van der Waals surface area contributed by atoms with Gasteiger partial charge in [-0.3, -0.25) is 4.79 Å². The SMILES string of the molecule is CC1COCC(=O)CO1. The molecule has 1 atom stereocenters. The van der Waals surface area contributed by atoms with Crippen molar-refractivity contribution >= 4 is 5.78 Å². The van der Waals surface area contributed by atoms with Crippen LogP contribution in [0.1, 0.15) is 6.92 Å². The van der Waals surface area contributed by atoms with Gasteiger partial charge in [-0.1, -0.05) is 0 Å². The summed E-state index contributed by atoms with van der Waals surface area (Å²) in [5, 5.41) is 0. The third kappa shape index (κ3) is 2.11. The molecule has 0 saturated carbocycles. The van der Waals surface area contributed by atoms with E-state index in [2.05, 4.69) is 0 Å². The van der Waals surface area contributed by atoms with Crippen LogP contribution in [0, 0.1) is 0 Å². The zero-order chi connectivity index (χ0) is 6.69. The van der Waals surface area contributed by atoms with Crippen LogP contribution in [-0.4, -0.2) is 31.7 Å². The fraction of sp³-hybridized carbons (Fsp3) is 0.833. The standard InChI is InChI=1S/C6H10O3/c1-5-2-8-3-6(7)4-9-5/h5H,2-4H2,1H3. The molecular weight excluding hydrogens is 120 g/mol. The topological polar surface area (TPSA) is 35.5 Å². The Kier molecular flexibility index (Phi) is 2.19. The summed E-state index contributed by atoms with van der Waals surface area (Å²) in [4.78, 5) is 10.6. The van der Waals surface area contributed by atoms with Gasteiger partial charge in [0.15, 0.2) is 5.78 Å². The molecule has 1 heterocycles. The van der Waals surface area contributed by atoms with Gasteiger partial charge in [-0.25, -0.2) is 0 Å². The molecule has 0 N–H and O–H groups in total. The summed E-state index contributed by atoms with van der Waals surface area (Å²) in [5.74, 6) is 0.0272. The maximum atomic E-state index is 10.6. The lowest BCUT2D eigenvalue weighted by Gasteiger charge is -2.04. The van der Waals surface area contributed by atoms with Gasteiger partial charge in [-0.15, -0.1) is 0 Å². The summed E-state index contributed by atoms with van der Waals surface area (Å²) >= 11 is 0. The number of carbonyl (C=O) groups is 1. The minimum atomic E-state index is 0.0272. The number of carbonyl (C=O) groups excluding carboxylic acids is 1. The molecule has 52 valence electrons. The number of hydrogen-bond donors (Lipinski definition) is 0. The van der Waals surface area contributed by atoms with Gasteiger partial charge in [0.05, 0.1) is 12.7 Å². The second-order valence-electron chi connectivity index (χ2n) is 2.18. The van der Waals surface area contributed by atoms with E-state index in [1.54, 1.807) is 0 Å². The summed E-state index contributed by atoms with van der Waals surface area (Å²) in [6.45, 7) is 2.84. The van der Waals surface area contributed by atoms with E-state index in [1.165, 1.54) is 0 Å². The Bertz CT molecular complexity index is 111. The van der Waals surface area contributed by atoms with Crippen LogP contribution in [0.25, 0.3) is 0 Å². The van der Waals surface area contributed by atoms with Crippen molar-refractivity contribution in [3.05, 3.63) is 0 Å². The van der Waals surface area contributed by atoms with Crippen LogP contribution in [0.2, 0.25) is 0 Å². The van der Waals surface area contributed by atoms with Gasteiger partial charge in [0.25, 0.3) is 0 Å². The molecule has 0 aliphatic carbocycles. The molecule has 0 radical (unpaired) electrons. The first-order chi connectivity index (χ1) is 4.29. The van der Waals surface area contributed by atoms with Crippen LogP contribution < -0.4 is 0 Å². The minimum absolute atomic E-state index is 0.0272. The Labute approximate surface area is 53.9 Å². The Hall–Kier alpha value is -0.410. The number of Topliss-reactive ketones (excluding diaryl/α,β-unsaturated/α-hetero) is 1. The molecule has 9 heavy (non-hydrogen) atoms. The summed E-state index contributed by atoms with van der Waals surface area (Å²) in [5.41, 5.74) is 0. The zero-order valence-corrected chi connectivity index (χ0v) is 5.42. The Morgan fingerprint density at radius 2 is 2.33 bits per heavy atom. The first kappa shape index (κ1) is 6.71. The van der Waals surface area contributed by atoms with Gasteiger partial charge in [0.2, 0.25) is 0 Å². The average Bonchev–Trinajstić information content (AvgIpc) is 1.97. The number of ether oxygens (including phenoxy) is 2. The van der Waals surface area contributed by atoms with E-state index in [1.807, 2.05) is 6.92 Å². The van der Waals surface area contributed by atoms with Crippen LogP contribution in [-0.2, 0) is 14.3 Å². The highest BCUT2D eigenvalue weighted by Crippen LogP contribution is 1.96. The molecule has 0 amide bonds. The molecule has 0 aromatic carbocycles. The van der Waals surface area contributed by atoms with E-state index in [-0.39, 0.29) is 25.1 Å². The number of rotatable bonds is 0. The van der Waals surface area contributed by atoms with Crippen LogP contribution in [0.5, 0.6) is 0 Å². The fourth-order valence-corrected chi connectivity index (χ4v) is 0.664. The monoisotopic (exact) mass is 130 g/mol. The van der Waals surface area contributed by atoms with Crippen LogP contribution >= 0.6 is 0 Å². The summed E-state index contributed by atoms with van der Waals surface area (Å²) in [6, 6.07) is 0. The summed E-state index contributed by atoms with van der Waals surface area (Å²) in [7, 11) is 0. The molecule has 3 heteroatoms. The molecule has 1 rings (SSSR count). The van der Waals surface area contributed by atoms with Crippen LogP contribution in [0.15, 0.2) is 0 Å². The molecule has 0 aromatic rings. The van der Waals surface area contributed by atoms with Crippen molar-refractivity contribution in [1.29, 1.82) is 0 Å². The predicted molar refractivity (Wildman–Crippen MR) is 31.2 cm³/mol. The Morgan fingerprint density at radius 1 is 1.56 bits per heavy atom. The van der Waals surface area contributed by atoms with Gasteiger partial charge in [0, 0.05) is 0 Å². The molecule has 1 fully saturated rings. The minimum Gasteiger partial charge on any atom is -0.371 e. The molecule has 1 saturated heterocycles. The van der Waals surface area contributed by atoms with E-state index in [0.29, 0.717) is 6.61 Å². The van der Waals surface area contributed by atoms with Crippen molar-refractivity contribution in [2.45, 2.75) is 13.0 Å². The number of ketones is 1. The van der Waals surface area contributed by atoms with Gasteiger partial charge in [-0.2, -0.15) is 0 Å². The van der Waals surface area contributed by atoms with Crippen molar-refractivity contribution < 1.29 is 14.3 Å². The molecule has 1 unspecified atom stereocenters. The van der Waals surface area contributed by atoms with Crippen molar-refractivity contribution in [2.24, 2.45) is 0 Å². The predicted octanol–water partition coefficient (Wildman–Crippen LogP) is -0.00920. The lowest BCUT2D eigenvalue weighted by atomic mass is 10.4. The maximum Gasteiger partial charge on any atom is 0.184 e. The average molecular weight is 130 g/mol. The lowest BCUT2D eigenvalue weighted by molar-refractivity contribution is -0.124. The van der Waals surface area contributed by atoms with Crippen molar-refractivity contribution in [3.63, 3.8) is 0 Å². The zero-order valence-electron chi connectivity index (χ0n) is 5.42. The lowest BCUT2D eigenvalue weighted by Crippen LogP contribution is -2.13.